The van der Waals surface area contributed by atoms with Crippen molar-refractivity contribution in [2.24, 2.45) is 0 Å². The Kier molecular flexibility index (Phi) is 6.95. The molecule has 0 bridgehead atoms. The number of nitrogens with one attached hydrogen (secondary N) is 1. The van der Waals surface area contributed by atoms with Crippen LogP contribution in [0.5, 0.6) is 0 Å². The van der Waals surface area contributed by atoms with Crippen LogP contribution < -0.4 is 5.32 Å². The van der Waals surface area contributed by atoms with Crippen LogP contribution in [-0.2, 0) is 21.3 Å². The molecule has 1 aromatic carbocycles. The highest BCUT2D eigenvalue weighted by Crippen LogP contribution is 2.22. The molecule has 7 nitrogen and oxygen atoms in total. The van der Waals surface area contributed by atoms with Crippen LogP contribution in [0.1, 0.15) is 36.8 Å². The van der Waals surface area contributed by atoms with E-state index < -0.39 is 10.0 Å². The summed E-state index contributed by atoms with van der Waals surface area (Å²) >= 11 is 0. The Labute approximate surface area is 168 Å². The fraction of sp³-hybridized carbons (Fsp3) is 0.650. The number of aryl methyl sites for hydroxylation is 1. The molecule has 2 fully saturated rings. The molecule has 0 spiro atoms. The predicted molar refractivity (Wildman–Crippen MR) is 109 cm³/mol. The largest absolute Gasteiger partial charge is 0.375 e. The van der Waals surface area contributed by atoms with E-state index in [0.29, 0.717) is 32.7 Å². The van der Waals surface area contributed by atoms with E-state index in [1.807, 2.05) is 36.1 Å². The van der Waals surface area contributed by atoms with Crippen LogP contribution in [0.15, 0.2) is 24.3 Å². The summed E-state index contributed by atoms with van der Waals surface area (Å²) in [6.45, 7) is 5.02. The molecule has 2 aliphatic heterocycles. The molecule has 156 valence electrons. The van der Waals surface area contributed by atoms with E-state index in [1.165, 1.54) is 16.1 Å². The number of nitrogens with zero attached hydrogens (tertiary/aromatic N) is 2. The Hall–Kier alpha value is -1.64. The Morgan fingerprint density at radius 3 is 2.11 bits per heavy atom. The van der Waals surface area contributed by atoms with Gasteiger partial charge in [0.05, 0.1) is 18.5 Å². The first kappa shape index (κ1) is 21.1. The topological polar surface area (TPSA) is 79.0 Å². The first-order valence-electron chi connectivity index (χ1n) is 10.00. The standard InChI is InChI=1S/C20H31N3O4S/c1-16-3-5-17(6-4-16)15-21-20(24)22-11-7-18(8-12-22)27-19-9-13-23(14-10-19)28(2,25)26/h3-6,18-19H,7-15H2,1-2H3,(H,21,24). The number of hydrogen-bond donors (Lipinski definition) is 1. The van der Waals surface area contributed by atoms with Crippen molar-refractivity contribution in [1.82, 2.24) is 14.5 Å². The number of ether oxygens (including phenoxy) is 1. The number of benzene rings is 1. The summed E-state index contributed by atoms with van der Waals surface area (Å²) in [5.74, 6) is 0. The molecule has 0 atom stereocenters. The van der Waals surface area contributed by atoms with Gasteiger partial charge >= 0.3 is 6.03 Å². The van der Waals surface area contributed by atoms with Gasteiger partial charge in [0, 0.05) is 32.7 Å². The maximum Gasteiger partial charge on any atom is 0.317 e. The van der Waals surface area contributed by atoms with Crippen molar-refractivity contribution < 1.29 is 17.9 Å². The van der Waals surface area contributed by atoms with Crippen molar-refractivity contribution in [2.75, 3.05) is 32.4 Å². The molecule has 0 unspecified atom stereocenters. The van der Waals surface area contributed by atoms with Gasteiger partial charge < -0.3 is 15.0 Å². The van der Waals surface area contributed by atoms with Gasteiger partial charge in [-0.2, -0.15) is 0 Å². The third kappa shape index (κ3) is 5.93. The summed E-state index contributed by atoms with van der Waals surface area (Å²) in [6, 6.07) is 8.13. The minimum absolute atomic E-state index is 0.0273. The van der Waals surface area contributed by atoms with Gasteiger partial charge in [-0.3, -0.25) is 0 Å². The Bertz CT molecular complexity index is 750. The average molecular weight is 410 g/mol. The molecule has 2 amide bonds. The van der Waals surface area contributed by atoms with E-state index in [9.17, 15) is 13.2 Å². The summed E-state index contributed by atoms with van der Waals surface area (Å²) in [5, 5.41) is 2.99. The number of amides is 2. The van der Waals surface area contributed by atoms with Gasteiger partial charge in [0.25, 0.3) is 0 Å². The Morgan fingerprint density at radius 2 is 1.57 bits per heavy atom. The maximum absolute atomic E-state index is 12.4. The third-order valence-corrected chi connectivity index (χ3v) is 6.85. The SMILES string of the molecule is Cc1ccc(CNC(=O)N2CCC(OC3CCN(S(C)(=O)=O)CC3)CC2)cc1. The van der Waals surface area contributed by atoms with Gasteiger partial charge in [-0.25, -0.2) is 17.5 Å². The molecule has 0 radical (unpaired) electrons. The lowest BCUT2D eigenvalue weighted by Gasteiger charge is -2.36. The van der Waals surface area contributed by atoms with Gasteiger partial charge in [0.1, 0.15) is 0 Å². The van der Waals surface area contributed by atoms with Crippen molar-refractivity contribution in [3.05, 3.63) is 35.4 Å². The zero-order valence-electron chi connectivity index (χ0n) is 16.8. The van der Waals surface area contributed by atoms with Crippen LogP contribution in [0.2, 0.25) is 0 Å². The van der Waals surface area contributed by atoms with Crippen molar-refractivity contribution in [2.45, 2.75) is 51.4 Å². The van der Waals surface area contributed by atoms with Gasteiger partial charge in [-0.15, -0.1) is 0 Å². The minimum Gasteiger partial charge on any atom is -0.375 e. The number of sulfonamides is 1. The van der Waals surface area contributed by atoms with Crippen molar-refractivity contribution >= 4 is 16.1 Å². The van der Waals surface area contributed by atoms with Crippen LogP contribution in [0.25, 0.3) is 0 Å². The molecule has 2 saturated heterocycles. The Balaban J connectivity index is 1.36. The molecule has 0 aliphatic carbocycles. The highest BCUT2D eigenvalue weighted by atomic mass is 32.2. The molecule has 2 aliphatic rings. The van der Waals surface area contributed by atoms with Crippen LogP contribution in [0.3, 0.4) is 0 Å². The molecule has 1 N–H and O–H groups in total. The van der Waals surface area contributed by atoms with E-state index in [-0.39, 0.29) is 18.2 Å². The second kappa shape index (κ2) is 9.24. The van der Waals surface area contributed by atoms with Crippen molar-refractivity contribution in [3.8, 4) is 0 Å². The molecule has 3 rings (SSSR count). The van der Waals surface area contributed by atoms with E-state index in [2.05, 4.69) is 5.32 Å². The number of likely N-dealkylation sites (tertiary alicyclic amines) is 1. The smallest absolute Gasteiger partial charge is 0.317 e. The monoisotopic (exact) mass is 409 g/mol. The fourth-order valence-electron chi connectivity index (χ4n) is 3.76. The predicted octanol–water partition coefficient (Wildman–Crippen LogP) is 2.11. The average Bonchev–Trinajstić information content (AvgIpc) is 2.67. The van der Waals surface area contributed by atoms with E-state index in [1.54, 1.807) is 0 Å². The second-order valence-corrected chi connectivity index (χ2v) is 9.81. The van der Waals surface area contributed by atoms with E-state index in [4.69, 9.17) is 4.74 Å². The molecule has 28 heavy (non-hydrogen) atoms. The summed E-state index contributed by atoms with van der Waals surface area (Å²) in [6.07, 6.45) is 4.65. The molecule has 8 heteroatoms. The van der Waals surface area contributed by atoms with Gasteiger partial charge in [-0.05, 0) is 38.2 Å². The maximum atomic E-state index is 12.4. The highest BCUT2D eigenvalue weighted by molar-refractivity contribution is 7.88. The van der Waals surface area contributed by atoms with Gasteiger partial charge in [-0.1, -0.05) is 29.8 Å². The normalized spacial score (nSPS) is 20.3. The molecular weight excluding hydrogens is 378 g/mol. The number of piperidine rings is 2. The minimum atomic E-state index is -3.10. The summed E-state index contributed by atoms with van der Waals surface area (Å²) in [7, 11) is -3.10. The van der Waals surface area contributed by atoms with Crippen LogP contribution in [0.4, 0.5) is 4.79 Å². The molecular formula is C20H31N3O4S. The number of urea groups is 1. The van der Waals surface area contributed by atoms with Crippen LogP contribution in [0, 0.1) is 6.92 Å². The van der Waals surface area contributed by atoms with Crippen molar-refractivity contribution in [3.63, 3.8) is 0 Å². The lowest BCUT2D eigenvalue weighted by atomic mass is 10.1. The first-order valence-corrected chi connectivity index (χ1v) is 11.8. The zero-order chi connectivity index (χ0) is 20.1. The fourth-order valence-corrected chi connectivity index (χ4v) is 4.64. The quantitative estimate of drug-likeness (QED) is 0.808. The van der Waals surface area contributed by atoms with Gasteiger partial charge in [0.2, 0.25) is 10.0 Å². The first-order chi connectivity index (χ1) is 13.3. The van der Waals surface area contributed by atoms with Gasteiger partial charge in [0.15, 0.2) is 0 Å². The molecule has 0 saturated carbocycles. The van der Waals surface area contributed by atoms with Crippen molar-refractivity contribution in [1.29, 1.82) is 0 Å². The highest BCUT2D eigenvalue weighted by Gasteiger charge is 2.29. The summed E-state index contributed by atoms with van der Waals surface area (Å²) in [4.78, 5) is 14.2. The molecule has 0 aromatic heterocycles. The zero-order valence-corrected chi connectivity index (χ0v) is 17.6. The number of hydrogen-bond acceptors (Lipinski definition) is 4. The summed E-state index contributed by atoms with van der Waals surface area (Å²) < 4.78 is 30.9. The van der Waals surface area contributed by atoms with Crippen LogP contribution >= 0.6 is 0 Å². The molecule has 1 aromatic rings. The summed E-state index contributed by atoms with van der Waals surface area (Å²) in [5.41, 5.74) is 2.30. The Morgan fingerprint density at radius 1 is 1.04 bits per heavy atom. The number of rotatable bonds is 5. The lowest BCUT2D eigenvalue weighted by Crippen LogP contribution is -2.47. The third-order valence-electron chi connectivity index (χ3n) is 5.55. The lowest BCUT2D eigenvalue weighted by molar-refractivity contribution is -0.0546. The second-order valence-electron chi connectivity index (χ2n) is 7.83. The van der Waals surface area contributed by atoms with Crippen LogP contribution in [-0.4, -0.2) is 68.3 Å². The van der Waals surface area contributed by atoms with E-state index >= 15 is 0 Å². The number of carbonyl (C=O) groups excluding carboxylic acids is 1. The number of carbonyl (C=O) groups is 1. The van der Waals surface area contributed by atoms with E-state index in [0.717, 1.165) is 31.2 Å². The molecule has 2 heterocycles.